The number of benzene rings is 2. The lowest BCUT2D eigenvalue weighted by Crippen LogP contribution is -2.47. The molecular weight excluding hydrogens is 664 g/mol. The lowest BCUT2D eigenvalue weighted by atomic mass is 9.75. The number of fused-ring (bicyclic) bond motifs is 2. The van der Waals surface area contributed by atoms with Crippen LogP contribution in [0.2, 0.25) is 0 Å². The van der Waals surface area contributed by atoms with Gasteiger partial charge in [-0.05, 0) is 115 Å². The van der Waals surface area contributed by atoms with Crippen LogP contribution in [0.5, 0.6) is 0 Å². The molecule has 0 aromatic heterocycles. The van der Waals surface area contributed by atoms with E-state index in [4.69, 9.17) is 15.2 Å². The Morgan fingerprint density at radius 3 is 1.37 bits per heavy atom. The standard InChI is InChI=1S/C21H28N2O4.C19H24N2O4/c1-20(2,3)27-19(26)23-10-8-21(9-11-23)13-15-7-6-14(18(25)22(4)5)12-16(15)17(21)24;1-18(2,3)25-17(24)21-8-6-19(7-9-21)11-13-5-4-12(16(20)23)10-14(13)15(19)22/h6-7,12H,8-11,13H2,1-5H3;4-5,10H,6-9,11H2,1-3H3,(H2,20,23). The van der Waals surface area contributed by atoms with Crippen LogP contribution < -0.4 is 5.73 Å². The van der Waals surface area contributed by atoms with E-state index < -0.39 is 27.9 Å². The fourth-order valence-electron chi connectivity index (χ4n) is 7.58. The summed E-state index contributed by atoms with van der Waals surface area (Å²) in [5.74, 6) is -0.466. The van der Waals surface area contributed by atoms with Crippen molar-refractivity contribution < 1.29 is 38.2 Å². The van der Waals surface area contributed by atoms with E-state index in [2.05, 4.69) is 0 Å². The van der Waals surface area contributed by atoms with Gasteiger partial charge in [-0.15, -0.1) is 0 Å². The summed E-state index contributed by atoms with van der Waals surface area (Å²) >= 11 is 0. The maximum atomic E-state index is 13.2. The summed E-state index contributed by atoms with van der Waals surface area (Å²) in [4.78, 5) is 79.0. The van der Waals surface area contributed by atoms with Crippen LogP contribution in [-0.2, 0) is 22.3 Å². The Bertz CT molecular complexity index is 1790. The molecule has 6 rings (SSSR count). The van der Waals surface area contributed by atoms with Crippen LogP contribution in [0, 0.1) is 10.8 Å². The van der Waals surface area contributed by atoms with Crippen molar-refractivity contribution in [3.63, 3.8) is 0 Å². The summed E-state index contributed by atoms with van der Waals surface area (Å²) in [6.45, 7) is 13.1. The van der Waals surface area contributed by atoms with Gasteiger partial charge in [-0.2, -0.15) is 0 Å². The number of hydrogen-bond acceptors (Lipinski definition) is 8. The summed E-state index contributed by atoms with van der Waals surface area (Å²) in [7, 11) is 3.40. The van der Waals surface area contributed by atoms with Gasteiger partial charge in [0.25, 0.3) is 5.91 Å². The van der Waals surface area contributed by atoms with Crippen molar-refractivity contribution in [2.24, 2.45) is 16.6 Å². The molecule has 0 bridgehead atoms. The molecule has 0 saturated carbocycles. The lowest BCUT2D eigenvalue weighted by Gasteiger charge is -2.38. The number of hydrogen-bond donors (Lipinski definition) is 1. The maximum absolute atomic E-state index is 13.2. The number of amides is 4. The molecule has 2 N–H and O–H groups in total. The maximum Gasteiger partial charge on any atom is 0.410 e. The Morgan fingerprint density at radius 2 is 1.02 bits per heavy atom. The largest absolute Gasteiger partial charge is 0.444 e. The van der Waals surface area contributed by atoms with Crippen molar-refractivity contribution in [3.8, 4) is 0 Å². The highest BCUT2D eigenvalue weighted by Crippen LogP contribution is 2.46. The molecule has 2 heterocycles. The summed E-state index contributed by atoms with van der Waals surface area (Å²) in [5.41, 5.74) is 7.44. The summed E-state index contributed by atoms with van der Waals surface area (Å²) in [6.07, 6.45) is 3.13. The third-order valence-corrected chi connectivity index (χ3v) is 10.4. The number of rotatable bonds is 2. The Hall–Kier alpha value is -4.74. The second-order valence-corrected chi connectivity index (χ2v) is 16.8. The number of piperidine rings is 2. The third kappa shape index (κ3) is 8.00. The smallest absolute Gasteiger partial charge is 0.410 e. The minimum Gasteiger partial charge on any atom is -0.444 e. The number of ketones is 2. The Labute approximate surface area is 306 Å². The molecule has 52 heavy (non-hydrogen) atoms. The molecule has 2 saturated heterocycles. The van der Waals surface area contributed by atoms with E-state index in [1.54, 1.807) is 48.2 Å². The quantitative estimate of drug-likeness (QED) is 0.416. The number of primary amides is 1. The van der Waals surface area contributed by atoms with Gasteiger partial charge >= 0.3 is 12.2 Å². The van der Waals surface area contributed by atoms with Gasteiger partial charge < -0.3 is 29.9 Å². The minimum absolute atomic E-state index is 0.0643. The third-order valence-electron chi connectivity index (χ3n) is 10.4. The SMILES string of the molecule is CC(C)(C)OC(=O)N1CCC2(CC1)Cc1ccc(C(N)=O)cc1C2=O.CN(C)C(=O)c1ccc2c(c1)C(=O)C1(CCN(C(=O)OC(C)(C)C)CC1)C2. The van der Waals surface area contributed by atoms with Gasteiger partial charge in [-0.25, -0.2) is 9.59 Å². The van der Waals surface area contributed by atoms with Crippen LogP contribution in [-0.4, -0.2) is 102 Å². The zero-order valence-corrected chi connectivity index (χ0v) is 31.7. The highest BCUT2D eigenvalue weighted by atomic mass is 16.6. The first-order valence-electron chi connectivity index (χ1n) is 18.0. The van der Waals surface area contributed by atoms with E-state index in [-0.39, 0.29) is 29.7 Å². The Morgan fingerprint density at radius 1 is 0.654 bits per heavy atom. The van der Waals surface area contributed by atoms with E-state index in [9.17, 15) is 28.8 Å². The van der Waals surface area contributed by atoms with Gasteiger partial charge in [0.15, 0.2) is 11.6 Å². The zero-order chi connectivity index (χ0) is 38.4. The summed E-state index contributed by atoms with van der Waals surface area (Å²) in [5, 5.41) is 0. The molecule has 12 heteroatoms. The average Bonchev–Trinajstić information content (AvgIpc) is 3.48. The fraction of sp³-hybridized carbons (Fsp3) is 0.550. The van der Waals surface area contributed by atoms with Crippen molar-refractivity contribution in [2.75, 3.05) is 40.3 Å². The number of carbonyl (C=O) groups is 6. The second-order valence-electron chi connectivity index (χ2n) is 16.8. The van der Waals surface area contributed by atoms with Gasteiger partial charge in [-0.3, -0.25) is 19.2 Å². The molecule has 2 aliphatic carbocycles. The molecule has 2 spiro atoms. The van der Waals surface area contributed by atoms with Crippen LogP contribution in [0.4, 0.5) is 9.59 Å². The molecule has 4 aliphatic rings. The average molecular weight is 717 g/mol. The molecule has 12 nitrogen and oxygen atoms in total. The van der Waals surface area contributed by atoms with Crippen LogP contribution in [0.15, 0.2) is 36.4 Å². The van der Waals surface area contributed by atoms with Crippen molar-refractivity contribution in [3.05, 3.63) is 69.8 Å². The van der Waals surface area contributed by atoms with E-state index in [1.807, 2.05) is 53.7 Å². The number of nitrogens with zero attached hydrogens (tertiary/aromatic N) is 3. The molecule has 0 radical (unpaired) electrons. The normalized spacial score (nSPS) is 18.7. The van der Waals surface area contributed by atoms with Crippen LogP contribution in [0.3, 0.4) is 0 Å². The zero-order valence-electron chi connectivity index (χ0n) is 31.7. The first-order chi connectivity index (χ1) is 24.1. The first-order valence-corrected chi connectivity index (χ1v) is 18.0. The molecule has 2 aliphatic heterocycles. The van der Waals surface area contributed by atoms with Crippen LogP contribution >= 0.6 is 0 Å². The fourth-order valence-corrected chi connectivity index (χ4v) is 7.58. The molecular formula is C40H52N4O8. The minimum atomic E-state index is -0.531. The van der Waals surface area contributed by atoms with E-state index >= 15 is 0 Å². The first kappa shape index (κ1) is 38.5. The number of likely N-dealkylation sites (tertiary alicyclic amines) is 2. The predicted molar refractivity (Wildman–Crippen MR) is 194 cm³/mol. The number of Topliss-reactive ketones (excluding diaryl/α,β-unsaturated/α-hetero) is 2. The van der Waals surface area contributed by atoms with Gasteiger partial charge in [0.05, 0.1) is 0 Å². The van der Waals surface area contributed by atoms with Gasteiger partial charge in [-0.1, -0.05) is 12.1 Å². The van der Waals surface area contributed by atoms with E-state index in [0.29, 0.717) is 87.0 Å². The highest BCUT2D eigenvalue weighted by Gasteiger charge is 2.49. The molecule has 4 amide bonds. The number of carbonyl (C=O) groups excluding carboxylic acids is 6. The van der Waals surface area contributed by atoms with E-state index in [1.165, 1.54) is 4.90 Å². The number of ether oxygens (including phenoxy) is 2. The molecule has 0 atom stereocenters. The van der Waals surface area contributed by atoms with Gasteiger partial charge in [0.2, 0.25) is 5.91 Å². The van der Waals surface area contributed by atoms with Crippen molar-refractivity contribution in [2.45, 2.75) is 91.3 Å². The number of nitrogens with two attached hydrogens (primary N) is 1. The summed E-state index contributed by atoms with van der Waals surface area (Å²) < 4.78 is 10.9. The molecule has 0 unspecified atom stereocenters. The van der Waals surface area contributed by atoms with E-state index in [0.717, 1.165) is 11.1 Å². The van der Waals surface area contributed by atoms with Gasteiger partial charge in [0, 0.05) is 73.4 Å². The monoisotopic (exact) mass is 716 g/mol. The van der Waals surface area contributed by atoms with Crippen molar-refractivity contribution in [1.82, 2.24) is 14.7 Å². The summed E-state index contributed by atoms with van der Waals surface area (Å²) in [6, 6.07) is 10.5. The molecule has 280 valence electrons. The Balaban J connectivity index is 0.000000202. The lowest BCUT2D eigenvalue weighted by molar-refractivity contribution is 0.0108. The van der Waals surface area contributed by atoms with Crippen LogP contribution in [0.25, 0.3) is 0 Å². The molecule has 2 fully saturated rings. The Kier molecular flexibility index (Phi) is 10.4. The predicted octanol–water partition coefficient (Wildman–Crippen LogP) is 5.69. The van der Waals surface area contributed by atoms with Gasteiger partial charge in [0.1, 0.15) is 11.2 Å². The topological polar surface area (TPSA) is 157 Å². The van der Waals surface area contributed by atoms with Crippen molar-refractivity contribution in [1.29, 1.82) is 0 Å². The van der Waals surface area contributed by atoms with Crippen molar-refractivity contribution >= 4 is 35.6 Å². The molecule has 2 aromatic rings. The highest BCUT2D eigenvalue weighted by molar-refractivity contribution is 6.08. The second kappa shape index (κ2) is 14.0. The molecule has 2 aromatic carbocycles. The van der Waals surface area contributed by atoms with Crippen LogP contribution in [0.1, 0.15) is 120 Å².